The van der Waals surface area contributed by atoms with Gasteiger partial charge in [0.2, 0.25) is 0 Å². The first kappa shape index (κ1) is 15.1. The number of fused-ring (bicyclic) bond motifs is 5. The number of terminal acetylenes is 1. The van der Waals surface area contributed by atoms with Gasteiger partial charge in [0, 0.05) is 5.41 Å². The number of phenols is 1. The number of benzene rings is 1. The Kier molecular flexibility index (Phi) is 3.13. The maximum atomic E-state index is 11.0. The molecule has 2 heteroatoms. The van der Waals surface area contributed by atoms with Crippen LogP contribution in [0.2, 0.25) is 0 Å². The lowest BCUT2D eigenvalue weighted by Crippen LogP contribution is -2.51. The van der Waals surface area contributed by atoms with Gasteiger partial charge >= 0.3 is 0 Å². The van der Waals surface area contributed by atoms with Gasteiger partial charge in [0.15, 0.2) is 0 Å². The van der Waals surface area contributed by atoms with Crippen LogP contribution in [0.3, 0.4) is 0 Å². The first-order valence-electron chi connectivity index (χ1n) is 8.91. The molecule has 0 saturated heterocycles. The molecule has 0 spiro atoms. The lowest BCUT2D eigenvalue weighted by Gasteiger charge is -2.54. The second-order valence-electron chi connectivity index (χ2n) is 8.35. The predicted molar refractivity (Wildman–Crippen MR) is 91.1 cm³/mol. The molecule has 1 aromatic carbocycles. The molecule has 0 radical (unpaired) electrons. The zero-order valence-electron chi connectivity index (χ0n) is 14.0. The van der Waals surface area contributed by atoms with Gasteiger partial charge in [0.1, 0.15) is 11.4 Å². The van der Waals surface area contributed by atoms with Gasteiger partial charge in [-0.2, -0.15) is 0 Å². The van der Waals surface area contributed by atoms with Crippen molar-refractivity contribution in [2.45, 2.75) is 57.5 Å². The van der Waals surface area contributed by atoms with Crippen LogP contribution >= 0.6 is 0 Å². The van der Waals surface area contributed by atoms with Crippen molar-refractivity contribution in [1.82, 2.24) is 0 Å². The lowest BCUT2D eigenvalue weighted by atomic mass is 9.51. The summed E-state index contributed by atoms with van der Waals surface area (Å²) in [6.07, 6.45) is 10.6. The van der Waals surface area contributed by atoms with Crippen molar-refractivity contribution in [3.63, 3.8) is 0 Å². The minimum absolute atomic E-state index is 0.147. The van der Waals surface area contributed by atoms with E-state index >= 15 is 0 Å². The number of aliphatic hydroxyl groups is 1. The fraction of sp³-hybridized carbons (Fsp3) is 0.619. The van der Waals surface area contributed by atoms with Crippen LogP contribution in [0.4, 0.5) is 0 Å². The van der Waals surface area contributed by atoms with Crippen molar-refractivity contribution in [1.29, 1.82) is 0 Å². The average molecular weight is 310 g/mol. The van der Waals surface area contributed by atoms with Crippen LogP contribution in [-0.4, -0.2) is 15.8 Å². The zero-order chi connectivity index (χ0) is 16.4. The molecule has 0 aliphatic heterocycles. The standard InChI is InChI=1S/C21H26O2/c1-4-21(23)10-8-18-19-13(2)11-14-12-15(22)5-6-16(14)17(19)7-9-20(18,21)3/h1,5-6,12-13,17-19,22-23H,7-11H2,2-3H3/t13?,17-,18+,19-,20+,21?/m1/s1. The van der Waals surface area contributed by atoms with E-state index in [1.807, 2.05) is 12.1 Å². The van der Waals surface area contributed by atoms with Gasteiger partial charge in [-0.25, -0.2) is 0 Å². The van der Waals surface area contributed by atoms with Crippen molar-refractivity contribution < 1.29 is 10.2 Å². The third-order valence-electron chi connectivity index (χ3n) is 7.45. The maximum absolute atomic E-state index is 11.0. The fourth-order valence-corrected chi connectivity index (χ4v) is 6.22. The normalized spacial score (nSPS) is 44.8. The largest absolute Gasteiger partial charge is 0.508 e. The van der Waals surface area contributed by atoms with Gasteiger partial charge in [-0.05, 0) is 79.0 Å². The highest BCUT2D eigenvalue weighted by molar-refractivity contribution is 5.41. The molecule has 122 valence electrons. The van der Waals surface area contributed by atoms with Gasteiger partial charge in [0.25, 0.3) is 0 Å². The van der Waals surface area contributed by atoms with Crippen molar-refractivity contribution in [3.8, 4) is 18.1 Å². The van der Waals surface area contributed by atoms with Crippen molar-refractivity contribution in [2.24, 2.45) is 23.2 Å². The van der Waals surface area contributed by atoms with Crippen LogP contribution in [0.15, 0.2) is 18.2 Å². The highest BCUT2D eigenvalue weighted by atomic mass is 16.3. The molecule has 2 saturated carbocycles. The van der Waals surface area contributed by atoms with E-state index in [1.165, 1.54) is 11.1 Å². The topological polar surface area (TPSA) is 40.5 Å². The molecule has 3 aliphatic carbocycles. The minimum Gasteiger partial charge on any atom is -0.508 e. The van der Waals surface area contributed by atoms with Crippen molar-refractivity contribution in [3.05, 3.63) is 29.3 Å². The van der Waals surface area contributed by atoms with E-state index in [1.54, 1.807) is 0 Å². The SMILES string of the molecule is C#CC1(O)CC[C@H]2[C@@H]3C(C)Cc4cc(O)ccc4[C@H]3CC[C@@]21C. The van der Waals surface area contributed by atoms with Crippen LogP contribution in [0.1, 0.15) is 56.6 Å². The van der Waals surface area contributed by atoms with Gasteiger partial charge in [-0.1, -0.05) is 25.8 Å². The summed E-state index contributed by atoms with van der Waals surface area (Å²) in [5, 5.41) is 20.8. The quantitative estimate of drug-likeness (QED) is 0.714. The van der Waals surface area contributed by atoms with Crippen LogP contribution in [0, 0.1) is 35.5 Å². The summed E-state index contributed by atoms with van der Waals surface area (Å²) >= 11 is 0. The summed E-state index contributed by atoms with van der Waals surface area (Å²) in [7, 11) is 0. The summed E-state index contributed by atoms with van der Waals surface area (Å²) in [5.41, 5.74) is 1.65. The molecule has 0 heterocycles. The van der Waals surface area contributed by atoms with E-state index in [-0.39, 0.29) is 5.41 Å². The Balaban J connectivity index is 1.77. The van der Waals surface area contributed by atoms with Crippen molar-refractivity contribution in [2.75, 3.05) is 0 Å². The third kappa shape index (κ3) is 1.86. The summed E-state index contributed by atoms with van der Waals surface area (Å²) in [6.45, 7) is 4.56. The molecule has 4 rings (SSSR count). The molecular weight excluding hydrogens is 284 g/mol. The van der Waals surface area contributed by atoms with E-state index in [2.05, 4.69) is 25.8 Å². The predicted octanol–water partition coefficient (Wildman–Crippen LogP) is 3.86. The second-order valence-corrected chi connectivity index (χ2v) is 8.35. The lowest BCUT2D eigenvalue weighted by molar-refractivity contribution is -0.0733. The van der Waals surface area contributed by atoms with E-state index in [0.717, 1.165) is 32.1 Å². The van der Waals surface area contributed by atoms with E-state index in [4.69, 9.17) is 6.42 Å². The zero-order valence-corrected chi connectivity index (χ0v) is 14.0. The number of aromatic hydroxyl groups is 1. The number of rotatable bonds is 0. The summed E-state index contributed by atoms with van der Waals surface area (Å²) in [4.78, 5) is 0. The van der Waals surface area contributed by atoms with Gasteiger partial charge in [0.05, 0.1) is 0 Å². The number of hydrogen-bond donors (Lipinski definition) is 2. The first-order chi connectivity index (χ1) is 10.9. The average Bonchev–Trinajstić information content (AvgIpc) is 2.79. The fourth-order valence-electron chi connectivity index (χ4n) is 6.22. The Hall–Kier alpha value is -1.46. The Labute approximate surface area is 138 Å². The van der Waals surface area contributed by atoms with Crippen LogP contribution in [-0.2, 0) is 6.42 Å². The van der Waals surface area contributed by atoms with Gasteiger partial charge in [-0.15, -0.1) is 6.42 Å². The Morgan fingerprint density at radius 3 is 2.78 bits per heavy atom. The Morgan fingerprint density at radius 2 is 2.04 bits per heavy atom. The highest BCUT2D eigenvalue weighted by Gasteiger charge is 2.62. The smallest absolute Gasteiger partial charge is 0.130 e. The van der Waals surface area contributed by atoms with Crippen molar-refractivity contribution >= 4 is 0 Å². The van der Waals surface area contributed by atoms with Crippen LogP contribution in [0.25, 0.3) is 0 Å². The van der Waals surface area contributed by atoms with Gasteiger partial charge < -0.3 is 10.2 Å². The Morgan fingerprint density at radius 1 is 1.26 bits per heavy atom. The summed E-state index contributed by atoms with van der Waals surface area (Å²) in [6, 6.07) is 5.90. The molecule has 1 aromatic rings. The minimum atomic E-state index is -0.933. The molecule has 2 unspecified atom stereocenters. The molecular formula is C21H26O2. The monoisotopic (exact) mass is 310 g/mol. The molecule has 6 atom stereocenters. The third-order valence-corrected chi connectivity index (χ3v) is 7.45. The molecule has 0 amide bonds. The molecule has 3 aliphatic rings. The maximum Gasteiger partial charge on any atom is 0.130 e. The molecule has 0 aromatic heterocycles. The van der Waals surface area contributed by atoms with Crippen LogP contribution < -0.4 is 0 Å². The van der Waals surface area contributed by atoms with E-state index < -0.39 is 5.60 Å². The number of phenolic OH excluding ortho intramolecular Hbond substituents is 1. The van der Waals surface area contributed by atoms with Crippen LogP contribution in [0.5, 0.6) is 5.75 Å². The second kappa shape index (κ2) is 4.77. The molecule has 0 bridgehead atoms. The summed E-state index contributed by atoms with van der Waals surface area (Å²) in [5.74, 6) is 5.32. The first-order valence-corrected chi connectivity index (χ1v) is 8.91. The summed E-state index contributed by atoms with van der Waals surface area (Å²) < 4.78 is 0. The van der Waals surface area contributed by atoms with E-state index in [9.17, 15) is 10.2 Å². The molecule has 2 nitrogen and oxygen atoms in total. The molecule has 2 N–H and O–H groups in total. The number of hydrogen-bond acceptors (Lipinski definition) is 2. The Bertz CT molecular complexity index is 688. The highest BCUT2D eigenvalue weighted by Crippen LogP contribution is 2.65. The van der Waals surface area contributed by atoms with Gasteiger partial charge in [-0.3, -0.25) is 0 Å². The molecule has 23 heavy (non-hydrogen) atoms. The molecule has 2 fully saturated rings. The van der Waals surface area contributed by atoms with E-state index in [0.29, 0.717) is 29.4 Å².